The highest BCUT2D eigenvalue weighted by atomic mass is 16.3. The third-order valence-electron chi connectivity index (χ3n) is 6.59. The molecule has 3 aliphatic rings. The smallest absolute Gasteiger partial charge is 0.0600 e. The maximum absolute atomic E-state index is 10.1. The van der Waals surface area contributed by atoms with Crippen LogP contribution in [0.15, 0.2) is 24.3 Å². The fraction of sp³-hybridized carbons (Fsp3) is 0.667. The lowest BCUT2D eigenvalue weighted by atomic mass is 9.74. The Morgan fingerprint density at radius 1 is 1.11 bits per heavy atom. The second-order valence-electron chi connectivity index (χ2n) is 9.15. The van der Waals surface area contributed by atoms with E-state index < -0.39 is 0 Å². The minimum atomic E-state index is 0.258. The van der Waals surface area contributed by atoms with Gasteiger partial charge in [0.2, 0.25) is 0 Å². The molecule has 3 atom stereocenters. The Bertz CT molecular complexity index is 701. The largest absolute Gasteiger partial charge is 0.395 e. The van der Waals surface area contributed by atoms with E-state index >= 15 is 0 Å². The normalized spacial score (nSPS) is 28.6. The van der Waals surface area contributed by atoms with Gasteiger partial charge < -0.3 is 10.0 Å². The van der Waals surface area contributed by atoms with E-state index in [4.69, 9.17) is 0 Å². The summed E-state index contributed by atoms with van der Waals surface area (Å²) in [6.07, 6.45) is 5.38. The average molecular weight is 382 g/mol. The highest BCUT2D eigenvalue weighted by Gasteiger charge is 2.49. The molecule has 152 valence electrons. The van der Waals surface area contributed by atoms with E-state index in [0.717, 1.165) is 31.1 Å². The van der Waals surface area contributed by atoms with Crippen molar-refractivity contribution in [1.82, 2.24) is 14.7 Å². The molecule has 0 aromatic heterocycles. The third-order valence-corrected chi connectivity index (χ3v) is 6.59. The van der Waals surface area contributed by atoms with Crippen LogP contribution in [0.2, 0.25) is 0 Å². The number of benzene rings is 1. The molecule has 2 heterocycles. The Hall–Kier alpha value is -1.38. The number of hydrogen-bond donors (Lipinski definition) is 1. The molecule has 0 spiro atoms. The fourth-order valence-electron chi connectivity index (χ4n) is 4.93. The lowest BCUT2D eigenvalue weighted by molar-refractivity contribution is -0.0649. The summed E-state index contributed by atoms with van der Waals surface area (Å²) in [5, 5.41) is 10.1. The summed E-state index contributed by atoms with van der Waals surface area (Å²) in [6.45, 7) is 5.86. The molecule has 1 aromatic carbocycles. The van der Waals surface area contributed by atoms with Crippen molar-refractivity contribution >= 4 is 0 Å². The van der Waals surface area contributed by atoms with Crippen molar-refractivity contribution in [2.24, 2.45) is 5.92 Å². The predicted molar refractivity (Wildman–Crippen MR) is 114 cm³/mol. The molecule has 3 fully saturated rings. The predicted octanol–water partition coefficient (Wildman–Crippen LogP) is 2.23. The highest BCUT2D eigenvalue weighted by molar-refractivity contribution is 5.39. The number of hydrogen-bond acceptors (Lipinski definition) is 4. The number of rotatable bonds is 5. The second-order valence-corrected chi connectivity index (χ2v) is 9.15. The topological polar surface area (TPSA) is 30.0 Å². The van der Waals surface area contributed by atoms with E-state index in [1.54, 1.807) is 0 Å². The number of aliphatic hydroxyl groups is 1. The summed E-state index contributed by atoms with van der Waals surface area (Å²) in [7, 11) is 4.08. The van der Waals surface area contributed by atoms with Crippen LogP contribution in [0, 0.1) is 17.8 Å². The Morgan fingerprint density at radius 3 is 2.54 bits per heavy atom. The molecular weight excluding hydrogens is 346 g/mol. The van der Waals surface area contributed by atoms with Gasteiger partial charge in [0, 0.05) is 36.7 Å². The zero-order chi connectivity index (χ0) is 19.5. The van der Waals surface area contributed by atoms with Gasteiger partial charge in [-0.05, 0) is 76.5 Å². The van der Waals surface area contributed by atoms with E-state index in [2.05, 4.69) is 50.8 Å². The molecule has 2 saturated heterocycles. The van der Waals surface area contributed by atoms with E-state index in [9.17, 15) is 5.11 Å². The third kappa shape index (κ3) is 4.60. The van der Waals surface area contributed by atoms with Crippen molar-refractivity contribution in [3.63, 3.8) is 0 Å². The lowest BCUT2D eigenvalue weighted by Gasteiger charge is -2.57. The second kappa shape index (κ2) is 8.97. The van der Waals surface area contributed by atoms with Crippen LogP contribution in [0.4, 0.5) is 0 Å². The Labute approximate surface area is 170 Å². The molecule has 2 aliphatic heterocycles. The van der Waals surface area contributed by atoms with Gasteiger partial charge in [-0.3, -0.25) is 9.80 Å². The first-order valence-corrected chi connectivity index (χ1v) is 11.0. The summed E-state index contributed by atoms with van der Waals surface area (Å²) < 4.78 is 0. The maximum Gasteiger partial charge on any atom is 0.0600 e. The fourth-order valence-corrected chi connectivity index (χ4v) is 4.93. The monoisotopic (exact) mass is 381 g/mol. The van der Waals surface area contributed by atoms with Crippen LogP contribution < -0.4 is 0 Å². The van der Waals surface area contributed by atoms with Crippen LogP contribution in [0.25, 0.3) is 0 Å². The van der Waals surface area contributed by atoms with Gasteiger partial charge in [-0.25, -0.2) is 0 Å². The van der Waals surface area contributed by atoms with Gasteiger partial charge in [0.1, 0.15) is 0 Å². The molecule has 4 nitrogen and oxygen atoms in total. The Kier molecular flexibility index (Phi) is 6.38. The summed E-state index contributed by atoms with van der Waals surface area (Å²) >= 11 is 0. The molecule has 28 heavy (non-hydrogen) atoms. The number of nitrogens with zero attached hydrogens (tertiary/aromatic N) is 3. The molecule has 0 radical (unpaired) electrons. The molecule has 1 aromatic rings. The molecule has 0 unspecified atom stereocenters. The maximum atomic E-state index is 10.1. The van der Waals surface area contributed by atoms with E-state index in [-0.39, 0.29) is 12.6 Å². The van der Waals surface area contributed by atoms with Crippen LogP contribution in [-0.2, 0) is 0 Å². The average Bonchev–Trinajstić information content (AvgIpc) is 3.47. The van der Waals surface area contributed by atoms with Gasteiger partial charge in [-0.2, -0.15) is 0 Å². The molecule has 0 amide bonds. The minimum Gasteiger partial charge on any atom is -0.395 e. The molecule has 1 saturated carbocycles. The summed E-state index contributed by atoms with van der Waals surface area (Å²) in [4.78, 5) is 7.36. The first-order chi connectivity index (χ1) is 13.7. The molecule has 1 aliphatic carbocycles. The first-order valence-electron chi connectivity index (χ1n) is 11.0. The van der Waals surface area contributed by atoms with Gasteiger partial charge in [-0.15, -0.1) is 0 Å². The standard InChI is InChI=1S/C24H35N3O/c1-25(2)13-5-6-19-9-11-21(12-10-19)24-22-17-26(16-20-7-8-20)14-3-4-15-27(22)23(24)18-28/h9-12,20,22-24,28H,3-4,7-8,13-18H2,1-2H3/t22-,23+,24+/m1/s1. The molecular formula is C24H35N3O. The zero-order valence-corrected chi connectivity index (χ0v) is 17.5. The number of aliphatic hydroxyl groups excluding tert-OH is 1. The quantitative estimate of drug-likeness (QED) is 0.793. The van der Waals surface area contributed by atoms with E-state index in [1.807, 2.05) is 14.1 Å². The summed E-state index contributed by atoms with van der Waals surface area (Å²) in [5.74, 6) is 7.85. The van der Waals surface area contributed by atoms with Crippen LogP contribution in [0.3, 0.4) is 0 Å². The van der Waals surface area contributed by atoms with Gasteiger partial charge in [0.15, 0.2) is 0 Å². The number of fused-ring (bicyclic) bond motifs is 1. The van der Waals surface area contributed by atoms with Gasteiger partial charge in [0.25, 0.3) is 0 Å². The highest BCUT2D eigenvalue weighted by Crippen LogP contribution is 2.42. The minimum absolute atomic E-state index is 0.258. The zero-order valence-electron chi connectivity index (χ0n) is 17.5. The molecule has 4 heteroatoms. The van der Waals surface area contributed by atoms with Crippen molar-refractivity contribution in [2.45, 2.75) is 43.7 Å². The summed E-state index contributed by atoms with van der Waals surface area (Å²) in [6, 6.07) is 9.61. The van der Waals surface area contributed by atoms with Gasteiger partial charge in [0.05, 0.1) is 13.2 Å². The molecule has 0 bridgehead atoms. The van der Waals surface area contributed by atoms with Gasteiger partial charge >= 0.3 is 0 Å². The SMILES string of the molecule is CN(C)CC#Cc1ccc([C@H]2[C@H]3CN(CC4CC4)CCCCN3[C@H]2CO)cc1. The Morgan fingerprint density at radius 2 is 1.86 bits per heavy atom. The van der Waals surface area contributed by atoms with Crippen molar-refractivity contribution in [1.29, 1.82) is 0 Å². The van der Waals surface area contributed by atoms with Crippen molar-refractivity contribution in [2.75, 3.05) is 53.4 Å². The van der Waals surface area contributed by atoms with E-state index in [1.165, 1.54) is 44.3 Å². The van der Waals surface area contributed by atoms with Crippen LogP contribution in [0.5, 0.6) is 0 Å². The van der Waals surface area contributed by atoms with Crippen molar-refractivity contribution in [3.8, 4) is 11.8 Å². The lowest BCUT2D eigenvalue weighted by Crippen LogP contribution is -2.67. The first kappa shape index (κ1) is 19.9. The van der Waals surface area contributed by atoms with Crippen LogP contribution in [-0.4, -0.2) is 85.3 Å². The van der Waals surface area contributed by atoms with Gasteiger partial charge in [-0.1, -0.05) is 24.0 Å². The molecule has 1 N–H and O–H groups in total. The van der Waals surface area contributed by atoms with E-state index in [0.29, 0.717) is 12.0 Å². The van der Waals surface area contributed by atoms with Crippen molar-refractivity contribution < 1.29 is 5.11 Å². The molecule has 4 rings (SSSR count). The summed E-state index contributed by atoms with van der Waals surface area (Å²) in [5.41, 5.74) is 2.45. The van der Waals surface area contributed by atoms with Crippen LogP contribution in [0.1, 0.15) is 42.7 Å². The Balaban J connectivity index is 1.47. The van der Waals surface area contributed by atoms with Crippen molar-refractivity contribution in [3.05, 3.63) is 35.4 Å². The van der Waals surface area contributed by atoms with Crippen LogP contribution >= 0.6 is 0 Å².